The summed E-state index contributed by atoms with van der Waals surface area (Å²) < 4.78 is 32.2. The first kappa shape index (κ1) is 17.1. The number of rotatable bonds is 6. The molecule has 0 saturated carbocycles. The number of methoxy groups -OCH3 is 1. The molecular weight excluding hydrogens is 348 g/mol. The van der Waals surface area contributed by atoms with Gasteiger partial charge in [-0.15, -0.1) is 5.10 Å². The van der Waals surface area contributed by atoms with Crippen molar-refractivity contribution < 1.29 is 18.3 Å². The van der Waals surface area contributed by atoms with Crippen LogP contribution in [0.1, 0.15) is 10.4 Å². The van der Waals surface area contributed by atoms with Crippen molar-refractivity contribution in [1.29, 1.82) is 0 Å². The number of ketones is 1. The predicted molar refractivity (Wildman–Crippen MR) is 89.8 cm³/mol. The predicted octanol–water partition coefficient (Wildman–Crippen LogP) is 3.73. The molecule has 0 radical (unpaired) electrons. The number of halogens is 2. The van der Waals surface area contributed by atoms with E-state index in [1.165, 1.54) is 25.3 Å². The van der Waals surface area contributed by atoms with Crippen LogP contribution in [0, 0.1) is 11.6 Å². The second-order valence-electron chi connectivity index (χ2n) is 5.01. The number of aromatic nitrogens is 3. The highest BCUT2D eigenvalue weighted by Crippen LogP contribution is 2.23. The average Bonchev–Trinajstić information content (AvgIpc) is 3.08. The molecule has 0 aliphatic heterocycles. The van der Waals surface area contributed by atoms with E-state index in [-0.39, 0.29) is 28.7 Å². The highest BCUT2D eigenvalue weighted by Gasteiger charge is 2.14. The van der Waals surface area contributed by atoms with Crippen molar-refractivity contribution in [2.45, 2.75) is 5.16 Å². The summed E-state index contributed by atoms with van der Waals surface area (Å²) in [5.74, 6) is -0.904. The fourth-order valence-corrected chi connectivity index (χ4v) is 2.83. The third kappa shape index (κ3) is 3.85. The molecule has 3 aromatic rings. The maximum absolute atomic E-state index is 13.7. The molecule has 1 N–H and O–H groups in total. The Hall–Kier alpha value is -2.74. The number of carbonyl (C=O) groups excluding carboxylic acids is 1. The molecule has 1 heterocycles. The molecule has 5 nitrogen and oxygen atoms in total. The Morgan fingerprint density at radius 2 is 2.00 bits per heavy atom. The minimum Gasteiger partial charge on any atom is -0.494 e. The summed E-state index contributed by atoms with van der Waals surface area (Å²) in [7, 11) is 1.35. The quantitative estimate of drug-likeness (QED) is 0.535. The van der Waals surface area contributed by atoms with Crippen molar-refractivity contribution in [1.82, 2.24) is 15.2 Å². The van der Waals surface area contributed by atoms with Crippen LogP contribution in [-0.4, -0.2) is 33.8 Å². The van der Waals surface area contributed by atoms with Gasteiger partial charge < -0.3 is 4.74 Å². The van der Waals surface area contributed by atoms with E-state index in [9.17, 15) is 13.6 Å². The van der Waals surface area contributed by atoms with Gasteiger partial charge in [-0.1, -0.05) is 23.9 Å². The minimum absolute atomic E-state index is 0.0281. The van der Waals surface area contributed by atoms with E-state index in [0.717, 1.165) is 17.8 Å². The highest BCUT2D eigenvalue weighted by molar-refractivity contribution is 7.99. The van der Waals surface area contributed by atoms with E-state index in [4.69, 9.17) is 4.74 Å². The first-order chi connectivity index (χ1) is 12.1. The molecule has 0 aliphatic rings. The van der Waals surface area contributed by atoms with Gasteiger partial charge in [0.05, 0.1) is 18.4 Å². The summed E-state index contributed by atoms with van der Waals surface area (Å²) in [6.45, 7) is 0. The van der Waals surface area contributed by atoms with E-state index < -0.39 is 11.6 Å². The number of ether oxygens (including phenoxy) is 1. The first-order valence-electron chi connectivity index (χ1n) is 7.25. The standard InChI is InChI=1S/C17H13F2N3O2S/c1-24-15-7-6-10(8-13(15)19)14(23)9-25-17-20-16(21-22-17)11-4-2-3-5-12(11)18/h2-8H,9H2,1H3,(H,20,21,22). The lowest BCUT2D eigenvalue weighted by molar-refractivity contribution is 0.102. The highest BCUT2D eigenvalue weighted by atomic mass is 32.2. The lowest BCUT2D eigenvalue weighted by Crippen LogP contribution is -2.03. The second-order valence-corrected chi connectivity index (χ2v) is 5.95. The van der Waals surface area contributed by atoms with Crippen LogP contribution in [0.5, 0.6) is 5.75 Å². The van der Waals surface area contributed by atoms with Gasteiger partial charge in [0.25, 0.3) is 0 Å². The lowest BCUT2D eigenvalue weighted by atomic mass is 10.1. The average molecular weight is 361 g/mol. The zero-order valence-corrected chi connectivity index (χ0v) is 13.9. The fourth-order valence-electron chi connectivity index (χ4n) is 2.14. The zero-order chi connectivity index (χ0) is 17.8. The molecule has 0 aliphatic carbocycles. The number of benzene rings is 2. The molecule has 0 amide bonds. The zero-order valence-electron chi connectivity index (χ0n) is 13.1. The normalized spacial score (nSPS) is 10.7. The topological polar surface area (TPSA) is 67.9 Å². The van der Waals surface area contributed by atoms with Crippen LogP contribution < -0.4 is 4.74 Å². The summed E-state index contributed by atoms with van der Waals surface area (Å²) in [5.41, 5.74) is 0.529. The van der Waals surface area contributed by atoms with Crippen molar-refractivity contribution in [3.05, 3.63) is 59.7 Å². The van der Waals surface area contributed by atoms with Gasteiger partial charge in [0, 0.05) is 5.56 Å². The molecule has 2 aromatic carbocycles. The van der Waals surface area contributed by atoms with E-state index in [0.29, 0.717) is 10.7 Å². The van der Waals surface area contributed by atoms with E-state index >= 15 is 0 Å². The van der Waals surface area contributed by atoms with Gasteiger partial charge in [-0.05, 0) is 30.3 Å². The Morgan fingerprint density at radius 1 is 1.20 bits per heavy atom. The van der Waals surface area contributed by atoms with Gasteiger partial charge in [0.15, 0.2) is 23.2 Å². The molecule has 1 aromatic heterocycles. The number of Topliss-reactive ketones (excluding diaryl/α,β-unsaturated/α-hetero) is 1. The molecule has 25 heavy (non-hydrogen) atoms. The Kier molecular flexibility index (Phi) is 5.08. The number of hydrogen-bond donors (Lipinski definition) is 1. The van der Waals surface area contributed by atoms with E-state index in [2.05, 4.69) is 15.2 Å². The number of aromatic amines is 1. The second kappa shape index (κ2) is 7.43. The van der Waals surface area contributed by atoms with Gasteiger partial charge in [-0.25, -0.2) is 13.8 Å². The van der Waals surface area contributed by atoms with E-state index in [1.807, 2.05) is 0 Å². The molecule has 3 rings (SSSR count). The van der Waals surface area contributed by atoms with Crippen LogP contribution in [0.3, 0.4) is 0 Å². The molecule has 8 heteroatoms. The number of thioether (sulfide) groups is 1. The van der Waals surface area contributed by atoms with Crippen LogP contribution in [-0.2, 0) is 0 Å². The maximum atomic E-state index is 13.7. The monoisotopic (exact) mass is 361 g/mol. The van der Waals surface area contributed by atoms with Crippen LogP contribution in [0.4, 0.5) is 8.78 Å². The summed E-state index contributed by atoms with van der Waals surface area (Å²) in [6.07, 6.45) is 0. The van der Waals surface area contributed by atoms with Crippen LogP contribution in [0.2, 0.25) is 0 Å². The Bertz CT molecular complexity index is 914. The van der Waals surface area contributed by atoms with Gasteiger partial charge >= 0.3 is 0 Å². The van der Waals surface area contributed by atoms with Gasteiger partial charge in [-0.3, -0.25) is 9.89 Å². The maximum Gasteiger partial charge on any atom is 0.209 e. The Balaban J connectivity index is 1.67. The fraction of sp³-hybridized carbons (Fsp3) is 0.118. The molecule has 0 unspecified atom stereocenters. The molecule has 0 bridgehead atoms. The molecule has 0 fully saturated rings. The number of H-pyrrole nitrogens is 1. The summed E-state index contributed by atoms with van der Waals surface area (Å²) in [5, 5.41) is 6.91. The third-order valence-electron chi connectivity index (χ3n) is 3.40. The Labute approximate surface area is 146 Å². The molecular formula is C17H13F2N3O2S. The Morgan fingerprint density at radius 3 is 2.72 bits per heavy atom. The number of carbonyl (C=O) groups is 1. The van der Waals surface area contributed by atoms with E-state index in [1.54, 1.807) is 18.2 Å². The summed E-state index contributed by atoms with van der Waals surface area (Å²) in [4.78, 5) is 16.3. The van der Waals surface area contributed by atoms with Crippen molar-refractivity contribution in [2.75, 3.05) is 12.9 Å². The van der Waals surface area contributed by atoms with Crippen LogP contribution >= 0.6 is 11.8 Å². The minimum atomic E-state index is -0.599. The van der Waals surface area contributed by atoms with Crippen LogP contribution in [0.15, 0.2) is 47.6 Å². The lowest BCUT2D eigenvalue weighted by Gasteiger charge is -2.03. The molecule has 128 valence electrons. The number of hydrogen-bond acceptors (Lipinski definition) is 5. The van der Waals surface area contributed by atoms with Crippen LogP contribution in [0.25, 0.3) is 11.4 Å². The van der Waals surface area contributed by atoms with Gasteiger partial charge in [-0.2, -0.15) is 0 Å². The summed E-state index contributed by atoms with van der Waals surface area (Å²) >= 11 is 1.08. The third-order valence-corrected chi connectivity index (χ3v) is 4.25. The number of nitrogens with one attached hydrogen (secondary N) is 1. The van der Waals surface area contributed by atoms with Crippen molar-refractivity contribution in [3.8, 4) is 17.1 Å². The van der Waals surface area contributed by atoms with Crippen molar-refractivity contribution in [3.63, 3.8) is 0 Å². The number of nitrogens with zero attached hydrogens (tertiary/aromatic N) is 2. The summed E-state index contributed by atoms with van der Waals surface area (Å²) in [6, 6.07) is 10.2. The van der Waals surface area contributed by atoms with Gasteiger partial charge in [0.2, 0.25) is 5.16 Å². The molecule has 0 spiro atoms. The molecule has 0 atom stereocenters. The smallest absolute Gasteiger partial charge is 0.209 e. The molecule has 0 saturated heterocycles. The van der Waals surface area contributed by atoms with Gasteiger partial charge in [0.1, 0.15) is 5.82 Å². The SMILES string of the molecule is COc1ccc(C(=O)CSc2n[nH]c(-c3ccccc3F)n2)cc1F. The largest absolute Gasteiger partial charge is 0.494 e. The van der Waals surface area contributed by atoms with Crippen molar-refractivity contribution >= 4 is 17.5 Å². The first-order valence-corrected chi connectivity index (χ1v) is 8.24. The van der Waals surface area contributed by atoms with Crippen molar-refractivity contribution in [2.24, 2.45) is 0 Å².